The van der Waals surface area contributed by atoms with Crippen molar-refractivity contribution in [1.82, 2.24) is 9.97 Å². The van der Waals surface area contributed by atoms with Gasteiger partial charge in [0.25, 0.3) is 0 Å². The van der Waals surface area contributed by atoms with Gasteiger partial charge in [-0.15, -0.1) is 0 Å². The maximum absolute atomic E-state index is 11.2. The number of thioether (sulfide) groups is 1. The zero-order valence-electron chi connectivity index (χ0n) is 7.78. The molecule has 0 radical (unpaired) electrons. The van der Waals surface area contributed by atoms with Crippen molar-refractivity contribution in [3.8, 4) is 0 Å². The molecule has 82 valence electrons. The van der Waals surface area contributed by atoms with Gasteiger partial charge in [0.2, 0.25) is 0 Å². The highest BCUT2D eigenvalue weighted by Gasteiger charge is 2.37. The Kier molecular flexibility index (Phi) is 2.94. The number of aliphatic hydroxyl groups is 1. The van der Waals surface area contributed by atoms with E-state index in [1.54, 1.807) is 18.5 Å². The molecule has 1 saturated heterocycles. The van der Waals surface area contributed by atoms with E-state index in [4.69, 9.17) is 0 Å². The van der Waals surface area contributed by atoms with E-state index in [-0.39, 0.29) is 16.8 Å². The van der Waals surface area contributed by atoms with Crippen molar-refractivity contribution < 1.29 is 13.5 Å². The standard InChI is InChI=1S/C8H10N2O3S2/c11-6-4-15(12,13)5-7(6)14-8-9-2-1-3-10-8/h1-3,6-7,11H,4-5H2/t6-,7-/m0/s1. The van der Waals surface area contributed by atoms with Crippen LogP contribution in [0.15, 0.2) is 23.6 Å². The molecule has 1 fully saturated rings. The van der Waals surface area contributed by atoms with Crippen molar-refractivity contribution in [1.29, 1.82) is 0 Å². The fourth-order valence-corrected chi connectivity index (χ4v) is 4.79. The third-order valence-electron chi connectivity index (χ3n) is 2.07. The maximum atomic E-state index is 11.2. The van der Waals surface area contributed by atoms with Crippen LogP contribution in [0.25, 0.3) is 0 Å². The van der Waals surface area contributed by atoms with Crippen molar-refractivity contribution >= 4 is 21.6 Å². The largest absolute Gasteiger partial charge is 0.391 e. The molecule has 0 amide bonds. The summed E-state index contributed by atoms with van der Waals surface area (Å²) in [4.78, 5) is 7.94. The van der Waals surface area contributed by atoms with E-state index in [0.717, 1.165) is 0 Å². The minimum Gasteiger partial charge on any atom is -0.391 e. The molecule has 2 rings (SSSR count). The van der Waals surface area contributed by atoms with Gasteiger partial charge in [0.05, 0.1) is 22.9 Å². The minimum absolute atomic E-state index is 0.00289. The Morgan fingerprint density at radius 1 is 1.33 bits per heavy atom. The van der Waals surface area contributed by atoms with Crippen LogP contribution >= 0.6 is 11.8 Å². The fourth-order valence-electron chi connectivity index (χ4n) is 1.39. The highest BCUT2D eigenvalue weighted by molar-refractivity contribution is 8.01. The summed E-state index contributed by atoms with van der Waals surface area (Å²) in [6.07, 6.45) is 2.36. The molecule has 15 heavy (non-hydrogen) atoms. The van der Waals surface area contributed by atoms with Crippen molar-refractivity contribution in [2.45, 2.75) is 16.5 Å². The maximum Gasteiger partial charge on any atom is 0.187 e. The number of nitrogens with zero attached hydrogens (tertiary/aromatic N) is 2. The van der Waals surface area contributed by atoms with Crippen LogP contribution in [-0.2, 0) is 9.84 Å². The molecule has 1 aromatic heterocycles. The Balaban J connectivity index is 2.08. The fraction of sp³-hybridized carbons (Fsp3) is 0.500. The summed E-state index contributed by atoms with van der Waals surface area (Å²) in [6, 6.07) is 1.69. The molecule has 0 spiro atoms. The van der Waals surface area contributed by atoms with E-state index in [1.807, 2.05) is 0 Å². The van der Waals surface area contributed by atoms with Crippen LogP contribution in [0, 0.1) is 0 Å². The Morgan fingerprint density at radius 3 is 2.53 bits per heavy atom. The van der Waals surface area contributed by atoms with E-state index in [0.29, 0.717) is 5.16 Å². The van der Waals surface area contributed by atoms with Gasteiger partial charge in [-0.3, -0.25) is 0 Å². The molecule has 0 saturated carbocycles. The second-order valence-electron chi connectivity index (χ2n) is 3.33. The predicted octanol–water partition coefficient (Wildman–Crippen LogP) is -0.273. The smallest absolute Gasteiger partial charge is 0.187 e. The zero-order chi connectivity index (χ0) is 10.9. The van der Waals surface area contributed by atoms with Gasteiger partial charge in [0, 0.05) is 12.4 Å². The molecular weight excluding hydrogens is 236 g/mol. The molecule has 5 nitrogen and oxygen atoms in total. The van der Waals surface area contributed by atoms with Crippen LogP contribution in [0.5, 0.6) is 0 Å². The Bertz CT molecular complexity index is 434. The average molecular weight is 246 g/mol. The lowest BCUT2D eigenvalue weighted by Gasteiger charge is -2.09. The van der Waals surface area contributed by atoms with Crippen LogP contribution in [0.3, 0.4) is 0 Å². The van der Waals surface area contributed by atoms with Gasteiger partial charge in [0.1, 0.15) is 0 Å². The first-order valence-corrected chi connectivity index (χ1v) is 7.09. The summed E-state index contributed by atoms with van der Waals surface area (Å²) in [5.41, 5.74) is 0. The molecule has 0 aliphatic carbocycles. The molecule has 1 aromatic rings. The molecule has 0 unspecified atom stereocenters. The Labute approximate surface area is 91.9 Å². The van der Waals surface area contributed by atoms with E-state index in [1.165, 1.54) is 11.8 Å². The summed E-state index contributed by atoms with van der Waals surface area (Å²) in [7, 11) is -3.09. The Morgan fingerprint density at radius 2 is 2.00 bits per heavy atom. The molecule has 0 bridgehead atoms. The zero-order valence-corrected chi connectivity index (χ0v) is 9.41. The molecule has 1 aliphatic rings. The average Bonchev–Trinajstić information content (AvgIpc) is 2.41. The van der Waals surface area contributed by atoms with E-state index in [2.05, 4.69) is 9.97 Å². The van der Waals surface area contributed by atoms with Gasteiger partial charge in [-0.1, -0.05) is 11.8 Å². The topological polar surface area (TPSA) is 80.2 Å². The second-order valence-corrected chi connectivity index (χ2v) is 6.69. The van der Waals surface area contributed by atoms with E-state index >= 15 is 0 Å². The number of sulfone groups is 1. The molecule has 1 N–H and O–H groups in total. The van der Waals surface area contributed by atoms with Gasteiger partial charge in [0.15, 0.2) is 15.0 Å². The molecular formula is C8H10N2O3S2. The van der Waals surface area contributed by atoms with Crippen LogP contribution < -0.4 is 0 Å². The molecule has 2 heterocycles. The summed E-state index contributed by atoms with van der Waals surface area (Å²) >= 11 is 1.21. The van der Waals surface area contributed by atoms with Crippen molar-refractivity contribution in [2.24, 2.45) is 0 Å². The Hall–Kier alpha value is -0.660. The van der Waals surface area contributed by atoms with Gasteiger partial charge >= 0.3 is 0 Å². The summed E-state index contributed by atoms with van der Waals surface area (Å²) in [5, 5.41) is 9.68. The first kappa shape index (κ1) is 10.8. The molecule has 7 heteroatoms. The molecule has 2 atom stereocenters. The number of hydrogen-bond acceptors (Lipinski definition) is 6. The van der Waals surface area contributed by atoms with Crippen LogP contribution in [0.4, 0.5) is 0 Å². The number of aromatic nitrogens is 2. The first-order valence-electron chi connectivity index (χ1n) is 4.39. The lowest BCUT2D eigenvalue weighted by molar-refractivity contribution is 0.207. The van der Waals surface area contributed by atoms with Crippen molar-refractivity contribution in [3.05, 3.63) is 18.5 Å². The number of hydrogen-bond donors (Lipinski definition) is 1. The van der Waals surface area contributed by atoms with Crippen LogP contribution in [0.1, 0.15) is 0 Å². The number of rotatable bonds is 2. The van der Waals surface area contributed by atoms with Crippen LogP contribution in [0.2, 0.25) is 0 Å². The van der Waals surface area contributed by atoms with Crippen molar-refractivity contribution in [3.63, 3.8) is 0 Å². The van der Waals surface area contributed by atoms with Gasteiger partial charge < -0.3 is 5.11 Å². The van der Waals surface area contributed by atoms with Gasteiger partial charge in [-0.25, -0.2) is 18.4 Å². The van der Waals surface area contributed by atoms with Crippen LogP contribution in [-0.4, -0.2) is 46.4 Å². The summed E-state index contributed by atoms with van der Waals surface area (Å²) in [6.45, 7) is 0. The highest BCUT2D eigenvalue weighted by atomic mass is 32.2. The SMILES string of the molecule is O=S1(=O)C[C@H](Sc2ncccn2)[C@@H](O)C1. The number of aliphatic hydroxyl groups excluding tert-OH is 1. The quantitative estimate of drug-likeness (QED) is 0.723. The lowest BCUT2D eigenvalue weighted by atomic mass is 10.3. The van der Waals surface area contributed by atoms with Gasteiger partial charge in [-0.2, -0.15) is 0 Å². The first-order chi connectivity index (χ1) is 7.07. The normalized spacial score (nSPS) is 29.1. The minimum atomic E-state index is -3.09. The highest BCUT2D eigenvalue weighted by Crippen LogP contribution is 2.28. The summed E-state index contributed by atoms with van der Waals surface area (Å²) in [5.74, 6) is -0.158. The lowest BCUT2D eigenvalue weighted by Crippen LogP contribution is -2.20. The van der Waals surface area contributed by atoms with E-state index < -0.39 is 15.9 Å². The summed E-state index contributed by atoms with van der Waals surface area (Å²) < 4.78 is 22.5. The molecule has 1 aliphatic heterocycles. The van der Waals surface area contributed by atoms with Gasteiger partial charge in [-0.05, 0) is 6.07 Å². The monoisotopic (exact) mass is 246 g/mol. The van der Waals surface area contributed by atoms with Crippen molar-refractivity contribution in [2.75, 3.05) is 11.5 Å². The third kappa shape index (κ3) is 2.67. The molecule has 0 aromatic carbocycles. The second kappa shape index (κ2) is 4.07. The predicted molar refractivity (Wildman–Crippen MR) is 56.3 cm³/mol. The van der Waals surface area contributed by atoms with E-state index in [9.17, 15) is 13.5 Å². The third-order valence-corrected chi connectivity index (χ3v) is 5.20.